The number of methoxy groups -OCH3 is 2. The van der Waals surface area contributed by atoms with Crippen molar-refractivity contribution in [2.45, 2.75) is 25.7 Å². The van der Waals surface area contributed by atoms with E-state index in [1.165, 1.54) is 0 Å². The molecule has 2 aliphatic heterocycles. The Balaban J connectivity index is 0.000000239. The van der Waals surface area contributed by atoms with E-state index in [1.807, 2.05) is 33.1 Å². The van der Waals surface area contributed by atoms with Gasteiger partial charge in [-0.05, 0) is 83.5 Å². The number of anilines is 2. The van der Waals surface area contributed by atoms with Crippen molar-refractivity contribution in [1.82, 2.24) is 9.80 Å². The predicted molar refractivity (Wildman–Crippen MR) is 181 cm³/mol. The summed E-state index contributed by atoms with van der Waals surface area (Å²) in [6.07, 6.45) is 2.03. The highest BCUT2D eigenvalue weighted by Crippen LogP contribution is 2.32. The Morgan fingerprint density at radius 1 is 0.810 bits per heavy atom. The van der Waals surface area contributed by atoms with Crippen LogP contribution < -0.4 is 10.6 Å². The third-order valence-corrected chi connectivity index (χ3v) is 8.72. The van der Waals surface area contributed by atoms with Gasteiger partial charge in [0.15, 0.2) is 11.6 Å². The number of halogens is 4. The molecular weight excluding hydrogens is 813 g/mol. The van der Waals surface area contributed by atoms with Crippen LogP contribution in [-0.4, -0.2) is 82.0 Å². The van der Waals surface area contributed by atoms with Gasteiger partial charge in [-0.3, -0.25) is 24.1 Å². The molecule has 0 aliphatic carbocycles. The lowest BCUT2D eigenvalue weighted by Gasteiger charge is -2.19. The molecule has 0 bridgehead atoms. The summed E-state index contributed by atoms with van der Waals surface area (Å²) >= 11 is 16.1. The topological polar surface area (TPSA) is 117 Å². The largest absolute Gasteiger partial charge is 0.383 e. The molecule has 2 aliphatic rings. The summed E-state index contributed by atoms with van der Waals surface area (Å²) < 4.78 is 11.3. The number of amides is 2. The normalized spacial score (nSPS) is 15.4. The van der Waals surface area contributed by atoms with Gasteiger partial charge in [0.2, 0.25) is 18.2 Å². The molecule has 0 saturated carbocycles. The van der Waals surface area contributed by atoms with E-state index in [4.69, 9.17) is 32.7 Å². The summed E-state index contributed by atoms with van der Waals surface area (Å²) in [6.45, 7) is 0. The van der Waals surface area contributed by atoms with Gasteiger partial charge in [0.1, 0.15) is 0 Å². The van der Waals surface area contributed by atoms with Crippen LogP contribution >= 0.6 is 68.4 Å². The van der Waals surface area contributed by atoms with Crippen molar-refractivity contribution in [1.29, 1.82) is 0 Å². The number of benzene rings is 2. The molecular formula is C28H32Cl2I2N4O6. The lowest BCUT2D eigenvalue weighted by molar-refractivity contribution is -0.179. The van der Waals surface area contributed by atoms with Gasteiger partial charge in [-0.1, -0.05) is 23.2 Å². The summed E-state index contributed by atoms with van der Waals surface area (Å²) in [6, 6.07) is 6.66. The Bertz CT molecular complexity index is 1380. The standard InChI is InChI=1S/C13H12ClIN2O2.C10H7ClINO2.C5H13NO2/c1-17(2)6-7-3-12(18)16-11-5-9(14)10(15)4-8(11)13(7)19;11-6-4-8-5(3-7(6)12)9(14)1-2-10(15)13-8;1-6(2)5(7-3)8-4/h4-6H,3H2,1-2H3,(H,16,18);3-4H,1-2H2,(H,13,15);5H,1-4H3/b7-6-;;. The first kappa shape index (κ1) is 36.4. The Morgan fingerprint density at radius 3 is 1.79 bits per heavy atom. The van der Waals surface area contributed by atoms with E-state index in [2.05, 4.69) is 55.8 Å². The number of nitrogens with zero attached hydrogens (tertiary/aromatic N) is 2. The average molecular weight is 845 g/mol. The Kier molecular flexibility index (Phi) is 14.6. The van der Waals surface area contributed by atoms with Crippen LogP contribution in [0.4, 0.5) is 11.4 Å². The number of ether oxygens (including phenoxy) is 2. The molecule has 2 amide bonds. The lowest BCUT2D eigenvalue weighted by Crippen LogP contribution is -2.30. The molecule has 0 aromatic heterocycles. The third kappa shape index (κ3) is 10.4. The zero-order valence-electron chi connectivity index (χ0n) is 23.9. The van der Waals surface area contributed by atoms with Crippen LogP contribution in [-0.2, 0) is 19.1 Å². The van der Waals surface area contributed by atoms with Gasteiger partial charge in [-0.2, -0.15) is 0 Å². The molecule has 0 unspecified atom stereocenters. The number of hydrogen-bond acceptors (Lipinski definition) is 8. The minimum Gasteiger partial charge on any atom is -0.383 e. The van der Waals surface area contributed by atoms with Crippen molar-refractivity contribution >= 4 is 103 Å². The monoisotopic (exact) mass is 844 g/mol. The van der Waals surface area contributed by atoms with E-state index in [-0.39, 0.29) is 49.1 Å². The fourth-order valence-electron chi connectivity index (χ4n) is 3.85. The first-order valence-corrected chi connectivity index (χ1v) is 15.3. The fraction of sp³-hybridized carbons (Fsp3) is 0.357. The van der Waals surface area contributed by atoms with Gasteiger partial charge in [0, 0.05) is 71.2 Å². The maximum Gasteiger partial charge on any atom is 0.229 e. The van der Waals surface area contributed by atoms with Crippen molar-refractivity contribution in [2.24, 2.45) is 0 Å². The average Bonchev–Trinajstić information content (AvgIpc) is 3.10. The van der Waals surface area contributed by atoms with Gasteiger partial charge < -0.3 is 25.0 Å². The van der Waals surface area contributed by atoms with Crippen LogP contribution in [0.3, 0.4) is 0 Å². The van der Waals surface area contributed by atoms with E-state index in [0.717, 1.165) is 7.14 Å². The maximum absolute atomic E-state index is 12.4. The number of carbonyl (C=O) groups is 4. The number of rotatable bonds is 4. The number of Topliss-reactive ketones (excluding diaryl/α,β-unsaturated/α-hetero) is 2. The molecule has 2 aromatic carbocycles. The van der Waals surface area contributed by atoms with Crippen LogP contribution in [0, 0.1) is 7.14 Å². The molecule has 0 atom stereocenters. The molecule has 2 heterocycles. The van der Waals surface area contributed by atoms with E-state index in [1.54, 1.807) is 49.6 Å². The van der Waals surface area contributed by atoms with Gasteiger partial charge in [0.25, 0.3) is 0 Å². The molecule has 0 saturated heterocycles. The van der Waals surface area contributed by atoms with Gasteiger partial charge >= 0.3 is 0 Å². The van der Waals surface area contributed by atoms with Crippen molar-refractivity contribution in [3.05, 3.63) is 64.4 Å². The van der Waals surface area contributed by atoms with Crippen LogP contribution in [0.15, 0.2) is 36.0 Å². The van der Waals surface area contributed by atoms with Crippen LogP contribution in [0.1, 0.15) is 40.0 Å². The quantitative estimate of drug-likeness (QED) is 0.222. The molecule has 2 N–H and O–H groups in total. The molecule has 0 radical (unpaired) electrons. The van der Waals surface area contributed by atoms with Crippen molar-refractivity contribution in [3.63, 3.8) is 0 Å². The first-order valence-electron chi connectivity index (χ1n) is 12.4. The van der Waals surface area contributed by atoms with Gasteiger partial charge in [-0.15, -0.1) is 0 Å². The van der Waals surface area contributed by atoms with E-state index < -0.39 is 0 Å². The first-order chi connectivity index (χ1) is 19.7. The van der Waals surface area contributed by atoms with E-state index in [9.17, 15) is 19.2 Å². The number of fused-ring (bicyclic) bond motifs is 2. The molecule has 2 aromatic rings. The minimum absolute atomic E-state index is 0.0158. The molecule has 14 heteroatoms. The summed E-state index contributed by atoms with van der Waals surface area (Å²) in [7, 11) is 10.6. The number of ketones is 2. The highest BCUT2D eigenvalue weighted by atomic mass is 127. The highest BCUT2D eigenvalue weighted by molar-refractivity contribution is 14.1. The predicted octanol–water partition coefficient (Wildman–Crippen LogP) is 5.90. The molecule has 0 spiro atoms. The molecule has 0 fully saturated rings. The van der Waals surface area contributed by atoms with Gasteiger partial charge in [0.05, 0.1) is 27.8 Å². The molecule has 4 rings (SSSR count). The van der Waals surface area contributed by atoms with Gasteiger partial charge in [-0.25, -0.2) is 0 Å². The van der Waals surface area contributed by atoms with Crippen LogP contribution in [0.5, 0.6) is 0 Å². The number of hydrogen-bond donors (Lipinski definition) is 2. The second-order valence-electron chi connectivity index (χ2n) is 9.51. The Labute approximate surface area is 282 Å². The van der Waals surface area contributed by atoms with E-state index >= 15 is 0 Å². The van der Waals surface area contributed by atoms with Crippen molar-refractivity contribution in [3.8, 4) is 0 Å². The second-order valence-corrected chi connectivity index (χ2v) is 12.6. The Hall–Kier alpha value is -1.82. The summed E-state index contributed by atoms with van der Waals surface area (Å²) in [5.74, 6) is -0.508. The third-order valence-electron chi connectivity index (χ3n) is 5.67. The highest BCUT2D eigenvalue weighted by Gasteiger charge is 2.25. The summed E-state index contributed by atoms with van der Waals surface area (Å²) in [5.41, 5.74) is 2.50. The zero-order valence-corrected chi connectivity index (χ0v) is 29.8. The summed E-state index contributed by atoms with van der Waals surface area (Å²) in [4.78, 5) is 50.8. The van der Waals surface area contributed by atoms with E-state index in [0.29, 0.717) is 38.1 Å². The maximum atomic E-state index is 12.4. The zero-order chi connectivity index (χ0) is 31.7. The van der Waals surface area contributed by atoms with Crippen molar-refractivity contribution < 1.29 is 28.7 Å². The molecule has 42 heavy (non-hydrogen) atoms. The fourth-order valence-corrected chi connectivity index (χ4v) is 5.11. The number of carbonyl (C=O) groups excluding carboxylic acids is 4. The smallest absolute Gasteiger partial charge is 0.229 e. The summed E-state index contributed by atoms with van der Waals surface area (Å²) in [5, 5.41) is 6.46. The number of nitrogens with one attached hydrogen (secondary N) is 2. The van der Waals surface area contributed by atoms with Crippen molar-refractivity contribution in [2.75, 3.05) is 53.0 Å². The molecule has 228 valence electrons. The lowest BCUT2D eigenvalue weighted by atomic mass is 10.0. The SMILES string of the molecule is CN(C)/C=C1/CC(=O)Nc2cc(Cl)c(I)cc2C1=O.COC(OC)N(C)C.O=C1CCC(=O)c2cc(I)c(Cl)cc2N1. The van der Waals surface area contributed by atoms with Crippen LogP contribution in [0.25, 0.3) is 0 Å². The van der Waals surface area contributed by atoms with Crippen LogP contribution in [0.2, 0.25) is 10.0 Å². The second kappa shape index (κ2) is 16.9. The Morgan fingerprint density at radius 2 is 1.31 bits per heavy atom. The molecule has 10 nitrogen and oxygen atoms in total. The minimum atomic E-state index is -0.213.